The second kappa shape index (κ2) is 7.41. The van der Waals surface area contributed by atoms with Crippen LogP contribution in [0.25, 0.3) is 11.1 Å². The van der Waals surface area contributed by atoms with Crippen molar-refractivity contribution in [3.63, 3.8) is 0 Å². The maximum Gasteiger partial charge on any atom is 0.123 e. The van der Waals surface area contributed by atoms with Crippen LogP contribution in [0.5, 0.6) is 0 Å². The number of hydrogen-bond donors (Lipinski definition) is 0. The van der Waals surface area contributed by atoms with Crippen LogP contribution in [0.2, 0.25) is 0 Å². The van der Waals surface area contributed by atoms with Gasteiger partial charge in [-0.15, -0.1) is 0 Å². The molecule has 2 aromatic carbocycles. The summed E-state index contributed by atoms with van der Waals surface area (Å²) in [7, 11) is 0. The summed E-state index contributed by atoms with van der Waals surface area (Å²) in [6.07, 6.45) is 6.66. The molecule has 22 heavy (non-hydrogen) atoms. The molecule has 0 aromatic heterocycles. The van der Waals surface area contributed by atoms with Gasteiger partial charge >= 0.3 is 0 Å². The van der Waals surface area contributed by atoms with Crippen molar-refractivity contribution in [1.82, 2.24) is 0 Å². The highest BCUT2D eigenvalue weighted by atomic mass is 79.9. The van der Waals surface area contributed by atoms with Gasteiger partial charge in [-0.05, 0) is 72.8 Å². The van der Waals surface area contributed by atoms with Crippen LogP contribution >= 0.6 is 15.9 Å². The van der Waals surface area contributed by atoms with E-state index >= 15 is 0 Å². The summed E-state index contributed by atoms with van der Waals surface area (Å²) in [5, 5.41) is 1.13. The van der Waals surface area contributed by atoms with Crippen LogP contribution in [0.1, 0.15) is 43.6 Å². The van der Waals surface area contributed by atoms with E-state index in [0.717, 1.165) is 22.4 Å². The van der Waals surface area contributed by atoms with Crippen LogP contribution < -0.4 is 0 Å². The average Bonchev–Trinajstić information content (AvgIpc) is 2.57. The summed E-state index contributed by atoms with van der Waals surface area (Å²) >= 11 is 3.56. The van der Waals surface area contributed by atoms with Crippen LogP contribution in [0, 0.1) is 11.7 Å². The van der Waals surface area contributed by atoms with Gasteiger partial charge in [-0.2, -0.15) is 0 Å². The molecule has 0 nitrogen and oxygen atoms in total. The molecular formula is C20H22BrF. The maximum absolute atomic E-state index is 13.0. The molecule has 0 atom stereocenters. The number of hydrogen-bond acceptors (Lipinski definition) is 0. The Hall–Kier alpha value is -1.15. The van der Waals surface area contributed by atoms with Crippen molar-refractivity contribution in [2.24, 2.45) is 5.92 Å². The van der Waals surface area contributed by atoms with Crippen molar-refractivity contribution in [3.05, 3.63) is 59.9 Å². The summed E-state index contributed by atoms with van der Waals surface area (Å²) in [4.78, 5) is 0. The second-order valence-corrected chi connectivity index (χ2v) is 7.12. The standard InChI is InChI=1S/C20H22BrF/c21-14-13-15-1-3-16(4-2-15)17-5-7-18(8-6-17)19-9-11-20(22)12-10-19/h5-12,15-16H,1-4,13-14H2/t15-,16-. The lowest BCUT2D eigenvalue weighted by Gasteiger charge is -2.28. The molecular weight excluding hydrogens is 339 g/mol. The van der Waals surface area contributed by atoms with Crippen LogP contribution in [0.15, 0.2) is 48.5 Å². The normalized spacial score (nSPS) is 21.7. The summed E-state index contributed by atoms with van der Waals surface area (Å²) < 4.78 is 13.0. The lowest BCUT2D eigenvalue weighted by atomic mass is 9.77. The Morgan fingerprint density at radius 2 is 1.36 bits per heavy atom. The minimum absolute atomic E-state index is 0.180. The lowest BCUT2D eigenvalue weighted by molar-refractivity contribution is 0.321. The van der Waals surface area contributed by atoms with Crippen molar-refractivity contribution in [1.29, 1.82) is 0 Å². The van der Waals surface area contributed by atoms with E-state index in [4.69, 9.17) is 0 Å². The smallest absolute Gasteiger partial charge is 0.123 e. The molecule has 3 rings (SSSR count). The first-order valence-electron chi connectivity index (χ1n) is 8.18. The summed E-state index contributed by atoms with van der Waals surface area (Å²) in [6, 6.07) is 15.6. The van der Waals surface area contributed by atoms with Gasteiger partial charge < -0.3 is 0 Å². The van der Waals surface area contributed by atoms with Gasteiger partial charge in [-0.3, -0.25) is 0 Å². The number of benzene rings is 2. The molecule has 0 radical (unpaired) electrons. The molecule has 116 valence electrons. The quantitative estimate of drug-likeness (QED) is 0.542. The fourth-order valence-corrected chi connectivity index (χ4v) is 4.18. The first-order valence-corrected chi connectivity index (χ1v) is 9.30. The predicted molar refractivity (Wildman–Crippen MR) is 94.9 cm³/mol. The predicted octanol–water partition coefficient (Wildman–Crippen LogP) is 6.55. The Morgan fingerprint density at radius 1 is 0.818 bits per heavy atom. The highest BCUT2D eigenvalue weighted by Crippen LogP contribution is 2.37. The molecule has 1 fully saturated rings. The molecule has 2 aromatic rings. The first kappa shape index (κ1) is 15.7. The van der Waals surface area contributed by atoms with Crippen molar-refractivity contribution in [2.75, 3.05) is 5.33 Å². The molecule has 0 aliphatic heterocycles. The molecule has 0 bridgehead atoms. The van der Waals surface area contributed by atoms with Crippen LogP contribution in [0.4, 0.5) is 4.39 Å². The van der Waals surface area contributed by atoms with Crippen LogP contribution in [-0.4, -0.2) is 5.33 Å². The van der Waals surface area contributed by atoms with Crippen molar-refractivity contribution >= 4 is 15.9 Å². The molecule has 0 amide bonds. The minimum atomic E-state index is -0.180. The fourth-order valence-electron chi connectivity index (χ4n) is 3.53. The molecule has 0 heterocycles. The van der Waals surface area contributed by atoms with E-state index in [0.29, 0.717) is 5.92 Å². The van der Waals surface area contributed by atoms with E-state index in [1.165, 1.54) is 49.8 Å². The summed E-state index contributed by atoms with van der Waals surface area (Å²) in [5.74, 6) is 1.45. The van der Waals surface area contributed by atoms with Gasteiger partial charge in [0.05, 0.1) is 0 Å². The average molecular weight is 361 g/mol. The topological polar surface area (TPSA) is 0 Å². The molecule has 1 saturated carbocycles. The molecule has 1 aliphatic rings. The number of halogens is 2. The van der Waals surface area contributed by atoms with E-state index in [1.54, 1.807) is 0 Å². The van der Waals surface area contributed by atoms with Crippen LogP contribution in [0.3, 0.4) is 0 Å². The van der Waals surface area contributed by atoms with Gasteiger partial charge in [-0.25, -0.2) is 4.39 Å². The highest BCUT2D eigenvalue weighted by Gasteiger charge is 2.21. The zero-order valence-corrected chi connectivity index (χ0v) is 14.4. The molecule has 0 spiro atoms. The monoisotopic (exact) mass is 360 g/mol. The van der Waals surface area contributed by atoms with Crippen molar-refractivity contribution in [3.8, 4) is 11.1 Å². The van der Waals surface area contributed by atoms with Gasteiger partial charge in [-0.1, -0.05) is 52.3 Å². The van der Waals surface area contributed by atoms with Gasteiger partial charge in [0.2, 0.25) is 0 Å². The maximum atomic E-state index is 13.0. The van der Waals surface area contributed by atoms with Crippen molar-refractivity contribution in [2.45, 2.75) is 38.0 Å². The summed E-state index contributed by atoms with van der Waals surface area (Å²) in [6.45, 7) is 0. The molecule has 0 saturated heterocycles. The SMILES string of the molecule is Fc1ccc(-c2ccc([C@H]3CC[C@H](CCBr)CC3)cc2)cc1. The summed E-state index contributed by atoms with van der Waals surface area (Å²) in [5.41, 5.74) is 3.70. The largest absolute Gasteiger partial charge is 0.207 e. The van der Waals surface area contributed by atoms with E-state index in [1.807, 2.05) is 12.1 Å². The van der Waals surface area contributed by atoms with Gasteiger partial charge in [0, 0.05) is 5.33 Å². The Morgan fingerprint density at radius 3 is 1.91 bits per heavy atom. The Balaban J connectivity index is 1.66. The molecule has 0 unspecified atom stereocenters. The molecule has 1 aliphatic carbocycles. The number of alkyl halides is 1. The van der Waals surface area contributed by atoms with Gasteiger partial charge in [0.1, 0.15) is 5.82 Å². The van der Waals surface area contributed by atoms with Crippen molar-refractivity contribution < 1.29 is 4.39 Å². The third kappa shape index (κ3) is 3.78. The fraction of sp³-hybridized carbons (Fsp3) is 0.400. The van der Waals surface area contributed by atoms with Crippen LogP contribution in [-0.2, 0) is 0 Å². The third-order valence-electron chi connectivity index (χ3n) is 4.92. The first-order chi connectivity index (χ1) is 10.8. The zero-order chi connectivity index (χ0) is 15.4. The van der Waals surface area contributed by atoms with E-state index in [-0.39, 0.29) is 5.82 Å². The highest BCUT2D eigenvalue weighted by molar-refractivity contribution is 9.09. The lowest BCUT2D eigenvalue weighted by Crippen LogP contribution is -2.13. The van der Waals surface area contributed by atoms with Gasteiger partial charge in [0.15, 0.2) is 0 Å². The number of rotatable bonds is 4. The minimum Gasteiger partial charge on any atom is -0.207 e. The third-order valence-corrected chi connectivity index (χ3v) is 5.38. The Kier molecular flexibility index (Phi) is 5.30. The Labute approximate surface area is 140 Å². The van der Waals surface area contributed by atoms with E-state index < -0.39 is 0 Å². The molecule has 2 heteroatoms. The molecule has 0 N–H and O–H groups in total. The van der Waals surface area contributed by atoms with E-state index in [9.17, 15) is 4.39 Å². The zero-order valence-electron chi connectivity index (χ0n) is 12.8. The Bertz CT molecular complexity index is 580. The second-order valence-electron chi connectivity index (χ2n) is 6.32. The van der Waals surface area contributed by atoms with Gasteiger partial charge in [0.25, 0.3) is 0 Å². The van der Waals surface area contributed by atoms with E-state index in [2.05, 4.69) is 40.2 Å².